The standard InChI is InChI=1S/C17H30O2/c1-12(2)8-9-15(7)10-11-16(18)19-17(13(3)4)14(5)6/h8,12-14,17H,10-11H2,1-7H3. The molecule has 0 aliphatic heterocycles. The van der Waals surface area contributed by atoms with E-state index in [-0.39, 0.29) is 12.1 Å². The molecule has 0 heterocycles. The third kappa shape index (κ3) is 8.67. The highest BCUT2D eigenvalue weighted by Crippen LogP contribution is 2.17. The maximum atomic E-state index is 11.8. The van der Waals surface area contributed by atoms with Gasteiger partial charge in [0.2, 0.25) is 0 Å². The van der Waals surface area contributed by atoms with Crippen molar-refractivity contribution >= 4 is 5.97 Å². The molecule has 0 atom stereocenters. The molecule has 0 rings (SSSR count). The quantitative estimate of drug-likeness (QED) is 0.491. The molecule has 0 aliphatic rings. The minimum absolute atomic E-state index is 0.0167. The summed E-state index contributed by atoms with van der Waals surface area (Å²) in [6, 6.07) is 0. The van der Waals surface area contributed by atoms with Crippen molar-refractivity contribution in [2.24, 2.45) is 17.8 Å². The zero-order valence-electron chi connectivity index (χ0n) is 13.6. The Bertz CT molecular complexity index is 323. The highest BCUT2D eigenvalue weighted by Gasteiger charge is 2.21. The predicted octanol–water partition coefficient (Wildman–Crippen LogP) is 4.75. The van der Waals surface area contributed by atoms with Crippen molar-refractivity contribution in [1.82, 2.24) is 0 Å². The maximum absolute atomic E-state index is 11.8. The van der Waals surface area contributed by atoms with Gasteiger partial charge in [-0.3, -0.25) is 4.79 Å². The second kappa shape index (κ2) is 8.98. The Morgan fingerprint density at radius 2 is 1.58 bits per heavy atom. The summed E-state index contributed by atoms with van der Waals surface area (Å²) < 4.78 is 5.56. The van der Waals surface area contributed by atoms with Gasteiger partial charge in [0.15, 0.2) is 0 Å². The molecule has 2 nitrogen and oxygen atoms in total. The fraction of sp³-hybridized carbons (Fsp3) is 0.765. The molecule has 0 spiro atoms. The molecule has 2 heteroatoms. The number of carbonyl (C=O) groups excluding carboxylic acids is 1. The van der Waals surface area contributed by atoms with Crippen LogP contribution in [0.15, 0.2) is 17.4 Å². The molecule has 0 aromatic heterocycles. The van der Waals surface area contributed by atoms with Gasteiger partial charge in [0.05, 0.1) is 0 Å². The molecule has 0 saturated carbocycles. The van der Waals surface area contributed by atoms with Gasteiger partial charge < -0.3 is 4.74 Å². The molecule has 0 amide bonds. The van der Waals surface area contributed by atoms with Gasteiger partial charge in [-0.1, -0.05) is 41.5 Å². The summed E-state index contributed by atoms with van der Waals surface area (Å²) in [6.07, 6.45) is 3.22. The number of carbonyl (C=O) groups is 1. The van der Waals surface area contributed by atoms with Crippen molar-refractivity contribution < 1.29 is 9.53 Å². The third-order valence-electron chi connectivity index (χ3n) is 2.95. The van der Waals surface area contributed by atoms with E-state index in [1.807, 2.05) is 13.0 Å². The van der Waals surface area contributed by atoms with Gasteiger partial charge >= 0.3 is 5.97 Å². The molecule has 0 fully saturated rings. The van der Waals surface area contributed by atoms with E-state index in [2.05, 4.69) is 47.3 Å². The van der Waals surface area contributed by atoms with E-state index >= 15 is 0 Å². The Kier molecular flexibility index (Phi) is 8.51. The lowest BCUT2D eigenvalue weighted by molar-refractivity contribution is -0.153. The summed E-state index contributed by atoms with van der Waals surface area (Å²) in [7, 11) is 0. The lowest BCUT2D eigenvalue weighted by Gasteiger charge is -2.24. The molecule has 0 saturated heterocycles. The van der Waals surface area contributed by atoms with Crippen LogP contribution in [0.5, 0.6) is 0 Å². The van der Waals surface area contributed by atoms with Crippen LogP contribution in [0, 0.1) is 17.8 Å². The van der Waals surface area contributed by atoms with Crippen molar-refractivity contribution in [2.45, 2.75) is 67.4 Å². The van der Waals surface area contributed by atoms with Crippen molar-refractivity contribution in [3.05, 3.63) is 17.4 Å². The largest absolute Gasteiger partial charge is 0.462 e. The highest BCUT2D eigenvalue weighted by atomic mass is 16.5. The van der Waals surface area contributed by atoms with Gasteiger partial charge in [-0.15, -0.1) is 5.73 Å². The van der Waals surface area contributed by atoms with Crippen molar-refractivity contribution in [2.75, 3.05) is 0 Å². The second-order valence-corrected chi connectivity index (χ2v) is 6.28. The van der Waals surface area contributed by atoms with Gasteiger partial charge in [0, 0.05) is 6.42 Å². The van der Waals surface area contributed by atoms with Crippen molar-refractivity contribution in [1.29, 1.82) is 0 Å². The van der Waals surface area contributed by atoms with E-state index in [1.54, 1.807) is 0 Å². The Morgan fingerprint density at radius 3 is 2.00 bits per heavy atom. The van der Waals surface area contributed by atoms with Crippen LogP contribution in [0.2, 0.25) is 0 Å². The Morgan fingerprint density at radius 1 is 1.05 bits per heavy atom. The van der Waals surface area contributed by atoms with E-state index in [0.29, 0.717) is 24.2 Å². The number of hydrogen-bond donors (Lipinski definition) is 0. The normalized spacial score (nSPS) is 11.1. The molecule has 0 aromatic carbocycles. The number of hydrogen-bond acceptors (Lipinski definition) is 2. The maximum Gasteiger partial charge on any atom is 0.306 e. The van der Waals surface area contributed by atoms with Crippen LogP contribution in [0.4, 0.5) is 0 Å². The molecule has 19 heavy (non-hydrogen) atoms. The zero-order valence-corrected chi connectivity index (χ0v) is 13.6. The van der Waals surface area contributed by atoms with Crippen LogP contribution in [-0.4, -0.2) is 12.1 Å². The van der Waals surface area contributed by atoms with Crippen LogP contribution in [0.3, 0.4) is 0 Å². The van der Waals surface area contributed by atoms with E-state index in [1.165, 1.54) is 0 Å². The first-order valence-electron chi connectivity index (χ1n) is 7.35. The molecule has 110 valence electrons. The van der Waals surface area contributed by atoms with Crippen LogP contribution in [0.25, 0.3) is 0 Å². The highest BCUT2D eigenvalue weighted by molar-refractivity contribution is 5.69. The average molecular weight is 266 g/mol. The fourth-order valence-electron chi connectivity index (χ4n) is 1.92. The summed E-state index contributed by atoms with van der Waals surface area (Å²) in [5, 5.41) is 0. The van der Waals surface area contributed by atoms with Crippen molar-refractivity contribution in [3.63, 3.8) is 0 Å². The minimum atomic E-state index is -0.0990. The molecule has 0 bridgehead atoms. The van der Waals surface area contributed by atoms with E-state index in [9.17, 15) is 4.79 Å². The Balaban J connectivity index is 4.29. The molecule has 0 radical (unpaired) electrons. The van der Waals surface area contributed by atoms with Crippen LogP contribution >= 0.6 is 0 Å². The zero-order chi connectivity index (χ0) is 15.0. The summed E-state index contributed by atoms with van der Waals surface area (Å²) in [5.74, 6) is 1.12. The van der Waals surface area contributed by atoms with Gasteiger partial charge in [0.1, 0.15) is 6.10 Å². The Hall–Kier alpha value is -1.01. The summed E-state index contributed by atoms with van der Waals surface area (Å²) >= 11 is 0. The molecule has 0 N–H and O–H groups in total. The summed E-state index contributed by atoms with van der Waals surface area (Å²) in [5.41, 5.74) is 4.33. The number of ether oxygens (including phenoxy) is 1. The molecule has 0 unspecified atom stereocenters. The van der Waals surface area contributed by atoms with Gasteiger partial charge in [-0.25, -0.2) is 0 Å². The first kappa shape index (κ1) is 18.0. The first-order valence-corrected chi connectivity index (χ1v) is 7.35. The molecular weight excluding hydrogens is 236 g/mol. The van der Waals surface area contributed by atoms with E-state index < -0.39 is 0 Å². The van der Waals surface area contributed by atoms with E-state index in [0.717, 1.165) is 12.0 Å². The summed E-state index contributed by atoms with van der Waals surface area (Å²) in [6.45, 7) is 14.6. The topological polar surface area (TPSA) is 26.3 Å². The average Bonchev–Trinajstić information content (AvgIpc) is 2.29. The minimum Gasteiger partial charge on any atom is -0.462 e. The van der Waals surface area contributed by atoms with E-state index in [4.69, 9.17) is 4.74 Å². The first-order chi connectivity index (χ1) is 8.73. The number of rotatable bonds is 7. The van der Waals surface area contributed by atoms with Crippen LogP contribution < -0.4 is 0 Å². The summed E-state index contributed by atoms with van der Waals surface area (Å²) in [4.78, 5) is 11.8. The van der Waals surface area contributed by atoms with Crippen molar-refractivity contribution in [3.8, 4) is 0 Å². The lowest BCUT2D eigenvalue weighted by Crippen LogP contribution is -2.28. The van der Waals surface area contributed by atoms with Gasteiger partial charge in [0.25, 0.3) is 0 Å². The Labute approximate surface area is 118 Å². The van der Waals surface area contributed by atoms with Gasteiger partial charge in [-0.2, -0.15) is 0 Å². The number of esters is 1. The SMILES string of the molecule is CC(=C=CC(C)C)CCC(=O)OC(C(C)C)C(C)C. The smallest absolute Gasteiger partial charge is 0.306 e. The lowest BCUT2D eigenvalue weighted by atomic mass is 9.96. The van der Waals surface area contributed by atoms with Gasteiger partial charge in [-0.05, 0) is 42.7 Å². The second-order valence-electron chi connectivity index (χ2n) is 6.28. The number of allylic oxidation sites excluding steroid dienone is 1. The third-order valence-corrected chi connectivity index (χ3v) is 2.95. The fourth-order valence-corrected chi connectivity index (χ4v) is 1.92. The molecular formula is C17H30O2. The van der Waals surface area contributed by atoms with Crippen LogP contribution in [-0.2, 0) is 9.53 Å². The monoisotopic (exact) mass is 266 g/mol. The predicted molar refractivity (Wildman–Crippen MR) is 80.9 cm³/mol. The molecule has 0 aromatic rings. The molecule has 0 aliphatic carbocycles. The van der Waals surface area contributed by atoms with Crippen LogP contribution in [0.1, 0.15) is 61.3 Å².